The maximum atomic E-state index is 10.9. The third-order valence-electron chi connectivity index (χ3n) is 5.51. The van der Waals surface area contributed by atoms with Crippen LogP contribution in [0.4, 0.5) is 0 Å². The maximum Gasteiger partial charge on any atom is 0.163 e. The van der Waals surface area contributed by atoms with Gasteiger partial charge in [-0.2, -0.15) is 0 Å². The lowest BCUT2D eigenvalue weighted by Gasteiger charge is -2.52. The zero-order valence-electron chi connectivity index (χ0n) is 16.5. The van der Waals surface area contributed by atoms with E-state index in [2.05, 4.69) is 17.0 Å². The molecule has 4 rings (SSSR count). The molecule has 0 bridgehead atoms. The molecule has 0 unspecified atom stereocenters. The molecule has 2 saturated heterocycles. The van der Waals surface area contributed by atoms with Crippen molar-refractivity contribution in [3.63, 3.8) is 0 Å². The van der Waals surface area contributed by atoms with Crippen molar-refractivity contribution in [2.24, 2.45) is 0 Å². The van der Waals surface area contributed by atoms with Gasteiger partial charge in [0, 0.05) is 13.1 Å². The van der Waals surface area contributed by atoms with Crippen LogP contribution in [-0.4, -0.2) is 53.3 Å². The Bertz CT molecular complexity index is 750. The lowest BCUT2D eigenvalue weighted by atomic mass is 9.91. The molecule has 2 heterocycles. The fourth-order valence-corrected chi connectivity index (χ4v) is 4.09. The van der Waals surface area contributed by atoms with Crippen LogP contribution >= 0.6 is 0 Å². The molecule has 2 aliphatic heterocycles. The first-order chi connectivity index (χ1) is 13.5. The van der Waals surface area contributed by atoms with E-state index in [9.17, 15) is 5.11 Å². The summed E-state index contributed by atoms with van der Waals surface area (Å²) in [7, 11) is 0. The number of benzene rings is 2. The Morgan fingerprint density at radius 1 is 1.04 bits per heavy atom. The summed E-state index contributed by atoms with van der Waals surface area (Å²) in [6.45, 7) is 6.12. The van der Waals surface area contributed by atoms with Crippen molar-refractivity contribution in [2.45, 2.75) is 57.1 Å². The first kappa shape index (κ1) is 19.6. The number of nitrogens with zero attached hydrogens (tertiary/aromatic N) is 1. The molecule has 1 N–H and O–H groups in total. The highest BCUT2D eigenvalue weighted by molar-refractivity contribution is 5.16. The van der Waals surface area contributed by atoms with Crippen LogP contribution in [0.2, 0.25) is 0 Å². The average Bonchev–Trinajstić information content (AvgIpc) is 2.68. The summed E-state index contributed by atoms with van der Waals surface area (Å²) >= 11 is 0. The molecule has 0 aliphatic carbocycles. The number of likely N-dealkylation sites (tertiary alicyclic amines) is 1. The molecular weight excluding hydrogens is 354 g/mol. The molecule has 2 aromatic carbocycles. The summed E-state index contributed by atoms with van der Waals surface area (Å²) in [5, 5.41) is 10.9. The van der Waals surface area contributed by atoms with Crippen molar-refractivity contribution in [3.05, 3.63) is 71.8 Å². The normalized spacial score (nSPS) is 30.0. The zero-order chi connectivity index (χ0) is 19.6. The van der Waals surface area contributed by atoms with Crippen LogP contribution < -0.4 is 0 Å². The van der Waals surface area contributed by atoms with E-state index in [-0.39, 0.29) is 18.2 Å². The molecule has 4 atom stereocenters. The molecule has 150 valence electrons. The lowest BCUT2D eigenvalue weighted by Crippen LogP contribution is -2.68. The Morgan fingerprint density at radius 3 is 2.36 bits per heavy atom. The third kappa shape index (κ3) is 4.45. The van der Waals surface area contributed by atoms with E-state index in [1.54, 1.807) is 0 Å². The second-order valence-corrected chi connectivity index (χ2v) is 8.10. The second-order valence-electron chi connectivity index (χ2n) is 8.10. The lowest BCUT2D eigenvalue weighted by molar-refractivity contribution is -0.331. The topological polar surface area (TPSA) is 51.2 Å². The minimum atomic E-state index is -0.689. The van der Waals surface area contributed by atoms with Gasteiger partial charge >= 0.3 is 0 Å². The monoisotopic (exact) mass is 383 g/mol. The predicted octanol–water partition coefficient (Wildman–Crippen LogP) is 2.97. The van der Waals surface area contributed by atoms with Gasteiger partial charge in [0.25, 0.3) is 0 Å². The van der Waals surface area contributed by atoms with Gasteiger partial charge in [-0.3, -0.25) is 4.90 Å². The molecule has 2 aromatic rings. The number of piperidine rings is 1. The number of aliphatic hydroxyl groups is 1. The summed E-state index contributed by atoms with van der Waals surface area (Å²) in [5.41, 5.74) is 2.30. The van der Waals surface area contributed by atoms with Gasteiger partial charge in [0.1, 0.15) is 12.2 Å². The third-order valence-corrected chi connectivity index (χ3v) is 5.51. The molecule has 5 nitrogen and oxygen atoms in total. The highest BCUT2D eigenvalue weighted by Gasteiger charge is 2.50. The fraction of sp³-hybridized carbons (Fsp3) is 0.478. The molecular formula is C23H29NO4. The van der Waals surface area contributed by atoms with Crippen molar-refractivity contribution >= 4 is 0 Å². The van der Waals surface area contributed by atoms with Gasteiger partial charge in [0.2, 0.25) is 0 Å². The van der Waals surface area contributed by atoms with Gasteiger partial charge in [-0.25, -0.2) is 0 Å². The van der Waals surface area contributed by atoms with Crippen LogP contribution in [-0.2, 0) is 27.4 Å². The number of β-amino-alcohol motifs (C(OH)–C–C–N with tert-alkyl or cyclic N) is 1. The summed E-state index contributed by atoms with van der Waals surface area (Å²) < 4.78 is 18.4. The van der Waals surface area contributed by atoms with Gasteiger partial charge in [-0.05, 0) is 25.0 Å². The predicted molar refractivity (Wildman–Crippen MR) is 107 cm³/mol. The van der Waals surface area contributed by atoms with E-state index in [1.807, 2.05) is 62.4 Å². The van der Waals surface area contributed by atoms with E-state index >= 15 is 0 Å². The van der Waals surface area contributed by atoms with Crippen LogP contribution in [0.1, 0.15) is 25.0 Å². The molecule has 5 heteroatoms. The number of fused-ring (bicyclic) bond motifs is 1. The van der Waals surface area contributed by atoms with E-state index in [1.165, 1.54) is 5.56 Å². The van der Waals surface area contributed by atoms with Crippen LogP contribution in [0.25, 0.3) is 0 Å². The Morgan fingerprint density at radius 2 is 1.68 bits per heavy atom. The number of aliphatic hydroxyl groups excluding tert-OH is 1. The van der Waals surface area contributed by atoms with E-state index in [0.29, 0.717) is 19.8 Å². The maximum absolute atomic E-state index is 10.9. The minimum absolute atomic E-state index is 0.0393. The quantitative estimate of drug-likeness (QED) is 0.860. The number of hydrogen-bond acceptors (Lipinski definition) is 5. The Kier molecular flexibility index (Phi) is 5.80. The molecule has 28 heavy (non-hydrogen) atoms. The summed E-state index contributed by atoms with van der Waals surface area (Å²) in [6, 6.07) is 20.4. The van der Waals surface area contributed by atoms with Crippen LogP contribution in [0.5, 0.6) is 0 Å². The zero-order valence-corrected chi connectivity index (χ0v) is 16.5. The summed E-state index contributed by atoms with van der Waals surface area (Å²) in [6.07, 6.45) is -1.26. The largest absolute Gasteiger partial charge is 0.389 e. The molecule has 2 fully saturated rings. The van der Waals surface area contributed by atoms with Gasteiger partial charge in [-0.15, -0.1) is 0 Å². The van der Waals surface area contributed by atoms with Gasteiger partial charge in [-0.1, -0.05) is 60.7 Å². The first-order valence-corrected chi connectivity index (χ1v) is 9.95. The van der Waals surface area contributed by atoms with Gasteiger partial charge in [0.15, 0.2) is 5.79 Å². The smallest absolute Gasteiger partial charge is 0.163 e. The van der Waals surface area contributed by atoms with Gasteiger partial charge < -0.3 is 19.3 Å². The molecule has 0 amide bonds. The van der Waals surface area contributed by atoms with Crippen molar-refractivity contribution in [2.75, 3.05) is 13.2 Å². The van der Waals surface area contributed by atoms with Gasteiger partial charge in [0.05, 0.1) is 25.4 Å². The summed E-state index contributed by atoms with van der Waals surface area (Å²) in [5.74, 6) is -0.689. The van der Waals surface area contributed by atoms with Crippen LogP contribution in [0.3, 0.4) is 0 Å². The van der Waals surface area contributed by atoms with E-state index in [0.717, 1.165) is 12.1 Å². The van der Waals surface area contributed by atoms with Crippen molar-refractivity contribution in [1.29, 1.82) is 0 Å². The minimum Gasteiger partial charge on any atom is -0.389 e. The SMILES string of the molecule is CC1(C)OC[C@@H]2[C@@H](O1)[C@H](OCc1ccccc1)[C@H](O)CN2Cc1ccccc1. The fourth-order valence-electron chi connectivity index (χ4n) is 4.09. The van der Waals surface area contributed by atoms with E-state index in [4.69, 9.17) is 14.2 Å². The van der Waals surface area contributed by atoms with Crippen molar-refractivity contribution in [1.82, 2.24) is 4.90 Å². The summed E-state index contributed by atoms with van der Waals surface area (Å²) in [4.78, 5) is 2.25. The molecule has 2 aliphatic rings. The average molecular weight is 383 g/mol. The molecule has 0 spiro atoms. The van der Waals surface area contributed by atoms with Crippen molar-refractivity contribution in [3.8, 4) is 0 Å². The Balaban J connectivity index is 1.51. The highest BCUT2D eigenvalue weighted by Crippen LogP contribution is 2.34. The molecule has 0 radical (unpaired) electrons. The standard InChI is InChI=1S/C23H29NO4/c1-23(2)27-16-19-21(28-23)22(26-15-18-11-7-4-8-12-18)20(25)14-24(19)13-17-9-5-3-6-10-17/h3-12,19-22,25H,13-16H2,1-2H3/t19-,20-,21-,22-/m1/s1. The Labute approximate surface area is 166 Å². The molecule has 0 saturated carbocycles. The van der Waals surface area contributed by atoms with Crippen LogP contribution in [0, 0.1) is 0 Å². The van der Waals surface area contributed by atoms with E-state index < -0.39 is 11.9 Å². The second kappa shape index (κ2) is 8.31. The Hall–Kier alpha value is -1.76. The van der Waals surface area contributed by atoms with Crippen LogP contribution in [0.15, 0.2) is 60.7 Å². The number of hydrogen-bond donors (Lipinski definition) is 1. The first-order valence-electron chi connectivity index (χ1n) is 9.95. The van der Waals surface area contributed by atoms with Crippen molar-refractivity contribution < 1.29 is 19.3 Å². The number of rotatable bonds is 5. The highest BCUT2D eigenvalue weighted by atomic mass is 16.7. The molecule has 0 aromatic heterocycles. The number of ether oxygens (including phenoxy) is 3.